The van der Waals surface area contributed by atoms with E-state index in [0.717, 1.165) is 19.3 Å². The number of piperazine rings is 1. The fourth-order valence-corrected chi connectivity index (χ4v) is 7.27. The molecule has 2 aliphatic carbocycles. The van der Waals surface area contributed by atoms with Crippen LogP contribution in [0.15, 0.2) is 33.6 Å². The Bertz CT molecular complexity index is 864. The third kappa shape index (κ3) is 3.66. The smallest absolute Gasteiger partial charge is 0.244 e. The predicted molar refractivity (Wildman–Crippen MR) is 108 cm³/mol. The summed E-state index contributed by atoms with van der Waals surface area (Å²) in [5.74, 6) is 0.485. The van der Waals surface area contributed by atoms with Gasteiger partial charge in [-0.1, -0.05) is 18.6 Å². The van der Waals surface area contributed by atoms with Crippen LogP contribution in [-0.4, -0.2) is 55.5 Å². The average Bonchev–Trinajstić information content (AvgIpc) is 2.67. The number of hydrogen-bond donors (Lipinski definition) is 0. The standard InChI is InChI=1S/C20H25BrN2O4S/c21-17-6-1-2-7-18(17)28(26,27)23-10-8-22(9-11-23)20(25)16-12-14-4-3-5-15(13-16)19(14)24/h1-2,6-7,14-16H,3-5,8-13H2. The molecule has 1 aromatic carbocycles. The van der Waals surface area contributed by atoms with Gasteiger partial charge in [-0.2, -0.15) is 4.31 Å². The first kappa shape index (κ1) is 20.0. The number of sulfonamides is 1. The van der Waals surface area contributed by atoms with Crippen molar-refractivity contribution in [2.45, 2.75) is 37.0 Å². The minimum atomic E-state index is -3.58. The zero-order valence-electron chi connectivity index (χ0n) is 15.7. The summed E-state index contributed by atoms with van der Waals surface area (Å²) < 4.78 is 27.8. The Morgan fingerprint density at radius 2 is 1.61 bits per heavy atom. The number of hydrogen-bond acceptors (Lipinski definition) is 4. The summed E-state index contributed by atoms with van der Waals surface area (Å²) in [5, 5.41) is 0. The third-order valence-corrected chi connectivity index (χ3v) is 9.31. The van der Waals surface area contributed by atoms with E-state index in [2.05, 4.69) is 15.9 Å². The van der Waals surface area contributed by atoms with Crippen LogP contribution in [0.5, 0.6) is 0 Å². The molecule has 0 radical (unpaired) electrons. The molecule has 1 heterocycles. The molecule has 2 atom stereocenters. The van der Waals surface area contributed by atoms with Crippen LogP contribution in [-0.2, 0) is 19.6 Å². The number of amides is 1. The van der Waals surface area contributed by atoms with Crippen LogP contribution in [0.2, 0.25) is 0 Å². The first-order valence-electron chi connectivity index (χ1n) is 9.95. The number of benzene rings is 1. The Kier molecular flexibility index (Phi) is 5.64. The summed E-state index contributed by atoms with van der Waals surface area (Å²) in [6, 6.07) is 6.80. The molecule has 3 aliphatic rings. The number of fused-ring (bicyclic) bond motifs is 2. The van der Waals surface area contributed by atoms with Crippen molar-refractivity contribution >= 4 is 37.6 Å². The highest BCUT2D eigenvalue weighted by Gasteiger charge is 2.43. The second kappa shape index (κ2) is 7.88. The van der Waals surface area contributed by atoms with E-state index in [1.165, 1.54) is 4.31 Å². The molecule has 0 aromatic heterocycles. The molecular weight excluding hydrogens is 444 g/mol. The molecule has 1 saturated heterocycles. The van der Waals surface area contributed by atoms with Crippen molar-refractivity contribution in [3.8, 4) is 0 Å². The van der Waals surface area contributed by atoms with Crippen LogP contribution in [0.25, 0.3) is 0 Å². The normalized spacial score (nSPS) is 29.0. The Morgan fingerprint density at radius 1 is 1.00 bits per heavy atom. The van der Waals surface area contributed by atoms with Gasteiger partial charge in [0.2, 0.25) is 15.9 Å². The van der Waals surface area contributed by atoms with Crippen LogP contribution in [0, 0.1) is 17.8 Å². The van der Waals surface area contributed by atoms with Crippen LogP contribution < -0.4 is 0 Å². The van der Waals surface area contributed by atoms with E-state index in [0.29, 0.717) is 49.3 Å². The molecule has 28 heavy (non-hydrogen) atoms. The van der Waals surface area contributed by atoms with Crippen molar-refractivity contribution in [3.63, 3.8) is 0 Å². The van der Waals surface area contributed by atoms with Crippen molar-refractivity contribution < 1.29 is 18.0 Å². The lowest BCUT2D eigenvalue weighted by Gasteiger charge is -2.40. The minimum Gasteiger partial charge on any atom is -0.340 e. The minimum absolute atomic E-state index is 0.0542. The first-order valence-corrected chi connectivity index (χ1v) is 12.2. The average molecular weight is 469 g/mol. The van der Waals surface area contributed by atoms with Crippen molar-refractivity contribution in [2.75, 3.05) is 26.2 Å². The first-order chi connectivity index (χ1) is 13.4. The van der Waals surface area contributed by atoms with E-state index in [4.69, 9.17) is 0 Å². The monoisotopic (exact) mass is 468 g/mol. The molecule has 3 fully saturated rings. The molecule has 1 aliphatic heterocycles. The molecule has 6 nitrogen and oxygen atoms in total. The van der Waals surface area contributed by atoms with Gasteiger partial charge in [-0.15, -0.1) is 0 Å². The van der Waals surface area contributed by atoms with Crippen LogP contribution in [0.4, 0.5) is 0 Å². The molecule has 1 aromatic rings. The fourth-order valence-electron chi connectivity index (χ4n) is 4.88. The summed E-state index contributed by atoms with van der Waals surface area (Å²) in [4.78, 5) is 27.3. The highest BCUT2D eigenvalue weighted by molar-refractivity contribution is 9.10. The zero-order valence-corrected chi connectivity index (χ0v) is 18.1. The molecule has 8 heteroatoms. The van der Waals surface area contributed by atoms with E-state index < -0.39 is 10.0 Å². The molecule has 2 saturated carbocycles. The lowest BCUT2D eigenvalue weighted by atomic mass is 9.67. The van der Waals surface area contributed by atoms with E-state index in [1.807, 2.05) is 0 Å². The zero-order chi connectivity index (χ0) is 19.9. The van der Waals surface area contributed by atoms with E-state index in [-0.39, 0.29) is 28.6 Å². The third-order valence-electron chi connectivity index (χ3n) is 6.40. The summed E-state index contributed by atoms with van der Waals surface area (Å²) >= 11 is 3.32. The maximum absolute atomic E-state index is 13.0. The van der Waals surface area contributed by atoms with Gasteiger partial charge in [0, 0.05) is 48.4 Å². The molecule has 0 N–H and O–H groups in total. The Balaban J connectivity index is 1.40. The van der Waals surface area contributed by atoms with Crippen molar-refractivity contribution in [1.82, 2.24) is 9.21 Å². The fraction of sp³-hybridized carbons (Fsp3) is 0.600. The molecule has 152 valence electrons. The summed E-state index contributed by atoms with van der Waals surface area (Å²) in [6.07, 6.45) is 4.26. The molecule has 0 spiro atoms. The van der Waals surface area contributed by atoms with Gasteiger partial charge in [-0.3, -0.25) is 9.59 Å². The van der Waals surface area contributed by atoms with Gasteiger partial charge in [-0.05, 0) is 53.7 Å². The van der Waals surface area contributed by atoms with Gasteiger partial charge in [0.05, 0.1) is 4.90 Å². The highest BCUT2D eigenvalue weighted by Crippen LogP contribution is 2.40. The lowest BCUT2D eigenvalue weighted by molar-refractivity contribution is -0.144. The molecule has 1 amide bonds. The maximum atomic E-state index is 13.0. The summed E-state index contributed by atoms with van der Waals surface area (Å²) in [5.41, 5.74) is 0. The Labute approximate surface area is 174 Å². The van der Waals surface area contributed by atoms with Crippen LogP contribution >= 0.6 is 15.9 Å². The predicted octanol–water partition coefficient (Wildman–Crippen LogP) is 2.68. The number of carbonyl (C=O) groups is 2. The van der Waals surface area contributed by atoms with Gasteiger partial charge in [0.15, 0.2) is 0 Å². The summed E-state index contributed by atoms with van der Waals surface area (Å²) in [7, 11) is -3.58. The van der Waals surface area contributed by atoms with Gasteiger partial charge in [-0.25, -0.2) is 8.42 Å². The molecule has 2 bridgehead atoms. The van der Waals surface area contributed by atoms with Gasteiger partial charge in [0.1, 0.15) is 5.78 Å². The van der Waals surface area contributed by atoms with Gasteiger partial charge < -0.3 is 4.90 Å². The number of carbonyl (C=O) groups excluding carboxylic acids is 2. The largest absolute Gasteiger partial charge is 0.340 e. The highest BCUT2D eigenvalue weighted by atomic mass is 79.9. The lowest BCUT2D eigenvalue weighted by Crippen LogP contribution is -2.53. The number of nitrogens with zero attached hydrogens (tertiary/aromatic N) is 2. The molecule has 2 unspecified atom stereocenters. The number of rotatable bonds is 3. The van der Waals surface area contributed by atoms with Crippen molar-refractivity contribution in [3.05, 3.63) is 28.7 Å². The molecule has 4 rings (SSSR count). The maximum Gasteiger partial charge on any atom is 0.244 e. The van der Waals surface area contributed by atoms with E-state index in [1.54, 1.807) is 29.2 Å². The van der Waals surface area contributed by atoms with E-state index >= 15 is 0 Å². The van der Waals surface area contributed by atoms with Gasteiger partial charge in [0.25, 0.3) is 0 Å². The second-order valence-electron chi connectivity index (χ2n) is 8.06. The summed E-state index contributed by atoms with van der Waals surface area (Å²) in [6.45, 7) is 1.41. The second-order valence-corrected chi connectivity index (χ2v) is 10.8. The van der Waals surface area contributed by atoms with Crippen LogP contribution in [0.3, 0.4) is 0 Å². The number of ketones is 1. The SMILES string of the molecule is O=C1C2CCCC1CC(C(=O)N1CCN(S(=O)(=O)c3ccccc3Br)CC1)C2. The number of Topliss-reactive ketones (excluding diaryl/α,β-unsaturated/α-hetero) is 1. The van der Waals surface area contributed by atoms with Crippen molar-refractivity contribution in [2.24, 2.45) is 17.8 Å². The Morgan fingerprint density at radius 3 is 2.21 bits per heavy atom. The Hall–Kier alpha value is -1.25. The molecular formula is C20H25BrN2O4S. The quantitative estimate of drug-likeness (QED) is 0.683. The van der Waals surface area contributed by atoms with Crippen LogP contribution in [0.1, 0.15) is 32.1 Å². The van der Waals surface area contributed by atoms with Gasteiger partial charge >= 0.3 is 0 Å². The number of halogens is 1. The van der Waals surface area contributed by atoms with E-state index in [9.17, 15) is 18.0 Å². The topological polar surface area (TPSA) is 74.8 Å². The van der Waals surface area contributed by atoms with Crippen molar-refractivity contribution in [1.29, 1.82) is 0 Å².